The maximum Gasteiger partial charge on any atom is 0.250 e. The highest BCUT2D eigenvalue weighted by Crippen LogP contribution is 2.21. The quantitative estimate of drug-likeness (QED) is 0.791. The Labute approximate surface area is 122 Å². The van der Waals surface area contributed by atoms with Crippen LogP contribution >= 0.6 is 11.6 Å². The number of benzene rings is 2. The van der Waals surface area contributed by atoms with Crippen molar-refractivity contribution >= 4 is 23.2 Å². The van der Waals surface area contributed by atoms with Crippen molar-refractivity contribution < 1.29 is 4.79 Å². The molecule has 1 atom stereocenters. The van der Waals surface area contributed by atoms with Crippen molar-refractivity contribution in [1.82, 2.24) is 0 Å². The zero-order chi connectivity index (χ0) is 14.5. The molecule has 1 unspecified atom stereocenters. The van der Waals surface area contributed by atoms with Gasteiger partial charge >= 0.3 is 0 Å². The fraction of sp³-hybridized carbons (Fsp3) is 0.133. The van der Waals surface area contributed by atoms with Gasteiger partial charge in [-0.1, -0.05) is 41.9 Å². The summed E-state index contributed by atoms with van der Waals surface area (Å²) in [6.07, 6.45) is 0. The fourth-order valence-electron chi connectivity index (χ4n) is 1.91. The van der Waals surface area contributed by atoms with Gasteiger partial charge in [0.25, 0.3) is 5.91 Å². The van der Waals surface area contributed by atoms with Crippen molar-refractivity contribution in [3.05, 3.63) is 64.7 Å². The molecule has 2 aromatic rings. The molecular weight excluding hydrogens is 274 g/mol. The summed E-state index contributed by atoms with van der Waals surface area (Å²) in [5, 5.41) is 3.60. The lowest BCUT2D eigenvalue weighted by Crippen LogP contribution is -2.22. The minimum absolute atomic E-state index is 0.174. The molecule has 0 radical (unpaired) electrons. The molecule has 0 aliphatic carbocycles. The summed E-state index contributed by atoms with van der Waals surface area (Å²) in [6.45, 7) is 0.492. The summed E-state index contributed by atoms with van der Waals surface area (Å²) in [4.78, 5) is 11.4. The summed E-state index contributed by atoms with van der Waals surface area (Å²) in [5.74, 6) is -0.525. The van der Waals surface area contributed by atoms with Crippen molar-refractivity contribution in [2.24, 2.45) is 11.5 Å². The molecule has 0 saturated heterocycles. The second kappa shape index (κ2) is 6.41. The molecule has 2 aromatic carbocycles. The molecule has 1 amide bonds. The summed E-state index contributed by atoms with van der Waals surface area (Å²) in [5.41, 5.74) is 13.4. The third-order valence-electron chi connectivity index (χ3n) is 2.99. The van der Waals surface area contributed by atoms with Crippen molar-refractivity contribution in [2.45, 2.75) is 6.04 Å². The van der Waals surface area contributed by atoms with Crippen molar-refractivity contribution in [1.29, 1.82) is 0 Å². The van der Waals surface area contributed by atoms with Crippen LogP contribution in [0.25, 0.3) is 0 Å². The molecular formula is C15H16ClN3O. The first kappa shape index (κ1) is 14.4. The van der Waals surface area contributed by atoms with Crippen LogP contribution in [0, 0.1) is 0 Å². The largest absolute Gasteiger partial charge is 0.382 e. The zero-order valence-corrected chi connectivity index (χ0v) is 11.6. The van der Waals surface area contributed by atoms with Gasteiger partial charge in [0.15, 0.2) is 0 Å². The lowest BCUT2D eigenvalue weighted by Gasteiger charge is -2.15. The number of anilines is 1. The molecule has 0 aromatic heterocycles. The summed E-state index contributed by atoms with van der Waals surface area (Å²) < 4.78 is 0. The van der Waals surface area contributed by atoms with Crippen LogP contribution in [-0.4, -0.2) is 12.5 Å². The van der Waals surface area contributed by atoms with Gasteiger partial charge in [0.2, 0.25) is 0 Å². The average Bonchev–Trinajstić information content (AvgIpc) is 2.46. The molecule has 5 heteroatoms. The predicted molar refractivity (Wildman–Crippen MR) is 81.8 cm³/mol. The smallest absolute Gasteiger partial charge is 0.250 e. The molecule has 0 fully saturated rings. The summed E-state index contributed by atoms with van der Waals surface area (Å²) in [6, 6.07) is 14.5. The highest BCUT2D eigenvalue weighted by atomic mass is 35.5. The Morgan fingerprint density at radius 3 is 2.55 bits per heavy atom. The Hall–Kier alpha value is -2.04. The van der Waals surface area contributed by atoms with E-state index in [0.29, 0.717) is 22.8 Å². The van der Waals surface area contributed by atoms with E-state index in [1.165, 1.54) is 0 Å². The standard InChI is InChI=1S/C15H16ClN3O/c16-11-6-7-14(12(8-11)15(18)20)19-9-13(17)10-4-2-1-3-5-10/h1-8,13,19H,9,17H2,(H2,18,20). The van der Waals surface area contributed by atoms with E-state index < -0.39 is 5.91 Å². The molecule has 0 heterocycles. The number of primary amides is 1. The Morgan fingerprint density at radius 2 is 1.90 bits per heavy atom. The van der Waals surface area contributed by atoms with E-state index in [0.717, 1.165) is 5.56 Å². The molecule has 104 valence electrons. The van der Waals surface area contributed by atoms with Gasteiger partial charge in [-0.15, -0.1) is 0 Å². The van der Waals surface area contributed by atoms with Crippen LogP contribution in [0.15, 0.2) is 48.5 Å². The highest BCUT2D eigenvalue weighted by Gasteiger charge is 2.11. The van der Waals surface area contributed by atoms with Crippen LogP contribution in [0.2, 0.25) is 5.02 Å². The molecule has 5 N–H and O–H groups in total. The van der Waals surface area contributed by atoms with Gasteiger partial charge in [-0.3, -0.25) is 4.79 Å². The molecule has 0 bridgehead atoms. The van der Waals surface area contributed by atoms with E-state index in [9.17, 15) is 4.79 Å². The number of hydrogen-bond donors (Lipinski definition) is 3. The summed E-state index contributed by atoms with van der Waals surface area (Å²) in [7, 11) is 0. The SMILES string of the molecule is NC(=O)c1cc(Cl)ccc1NCC(N)c1ccccc1. The number of nitrogens with one attached hydrogen (secondary N) is 1. The maximum absolute atomic E-state index is 11.4. The van der Waals surface area contributed by atoms with Crippen LogP contribution in [0.3, 0.4) is 0 Å². The van der Waals surface area contributed by atoms with E-state index in [1.54, 1.807) is 18.2 Å². The number of carbonyl (C=O) groups is 1. The van der Waals surface area contributed by atoms with Crippen LogP contribution in [0.1, 0.15) is 22.0 Å². The Morgan fingerprint density at radius 1 is 1.20 bits per heavy atom. The number of hydrogen-bond acceptors (Lipinski definition) is 3. The van der Waals surface area contributed by atoms with E-state index >= 15 is 0 Å². The fourth-order valence-corrected chi connectivity index (χ4v) is 2.08. The van der Waals surface area contributed by atoms with Gasteiger partial charge in [0.05, 0.1) is 5.56 Å². The second-order valence-electron chi connectivity index (χ2n) is 4.45. The molecule has 0 spiro atoms. The van der Waals surface area contributed by atoms with Crippen molar-refractivity contribution in [3.8, 4) is 0 Å². The highest BCUT2D eigenvalue weighted by molar-refractivity contribution is 6.31. The molecule has 2 rings (SSSR count). The first-order chi connectivity index (χ1) is 9.58. The zero-order valence-electron chi connectivity index (χ0n) is 10.8. The number of halogens is 1. The predicted octanol–water partition coefficient (Wildman–Crippen LogP) is 2.55. The lowest BCUT2D eigenvalue weighted by atomic mass is 10.1. The summed E-state index contributed by atoms with van der Waals surface area (Å²) >= 11 is 5.86. The van der Waals surface area contributed by atoms with Crippen LogP contribution in [0.4, 0.5) is 5.69 Å². The van der Waals surface area contributed by atoms with Crippen LogP contribution in [-0.2, 0) is 0 Å². The van der Waals surface area contributed by atoms with E-state index in [4.69, 9.17) is 23.1 Å². The Bertz CT molecular complexity index is 601. The average molecular weight is 290 g/mol. The third-order valence-corrected chi connectivity index (χ3v) is 3.22. The number of amides is 1. The first-order valence-electron chi connectivity index (χ1n) is 6.21. The first-order valence-corrected chi connectivity index (χ1v) is 6.59. The topological polar surface area (TPSA) is 81.1 Å². The second-order valence-corrected chi connectivity index (χ2v) is 4.89. The lowest BCUT2D eigenvalue weighted by molar-refractivity contribution is 0.100. The van der Waals surface area contributed by atoms with Gasteiger partial charge in [-0.25, -0.2) is 0 Å². The van der Waals surface area contributed by atoms with Gasteiger partial charge in [-0.05, 0) is 23.8 Å². The molecule has 20 heavy (non-hydrogen) atoms. The van der Waals surface area contributed by atoms with Gasteiger partial charge in [-0.2, -0.15) is 0 Å². The van der Waals surface area contributed by atoms with Crippen LogP contribution in [0.5, 0.6) is 0 Å². The van der Waals surface area contributed by atoms with Crippen molar-refractivity contribution in [3.63, 3.8) is 0 Å². The minimum atomic E-state index is -0.525. The minimum Gasteiger partial charge on any atom is -0.382 e. The molecule has 0 aliphatic rings. The van der Waals surface area contributed by atoms with Crippen molar-refractivity contribution in [2.75, 3.05) is 11.9 Å². The third kappa shape index (κ3) is 3.50. The van der Waals surface area contributed by atoms with E-state index in [2.05, 4.69) is 5.32 Å². The molecule has 0 aliphatic heterocycles. The molecule has 0 saturated carbocycles. The van der Waals surface area contributed by atoms with Gasteiger partial charge in [0.1, 0.15) is 0 Å². The number of nitrogens with two attached hydrogens (primary N) is 2. The number of carbonyl (C=O) groups excluding carboxylic acids is 1. The van der Waals surface area contributed by atoms with E-state index in [1.807, 2.05) is 30.3 Å². The molecule has 4 nitrogen and oxygen atoms in total. The Balaban J connectivity index is 2.09. The monoisotopic (exact) mass is 289 g/mol. The van der Waals surface area contributed by atoms with Gasteiger partial charge < -0.3 is 16.8 Å². The maximum atomic E-state index is 11.4. The number of rotatable bonds is 5. The van der Waals surface area contributed by atoms with Gasteiger partial charge in [0, 0.05) is 23.3 Å². The van der Waals surface area contributed by atoms with E-state index in [-0.39, 0.29) is 6.04 Å². The Kier molecular flexibility index (Phi) is 4.61. The van der Waals surface area contributed by atoms with Crippen LogP contribution < -0.4 is 16.8 Å². The normalized spacial score (nSPS) is 11.9.